The van der Waals surface area contributed by atoms with E-state index in [0.717, 1.165) is 17.7 Å². The number of rotatable bonds is 3. The first-order valence-electron chi connectivity index (χ1n) is 6.89. The Bertz CT molecular complexity index is 639. The summed E-state index contributed by atoms with van der Waals surface area (Å²) in [5, 5.41) is 3.21. The number of fused-ring (bicyclic) bond motifs is 1. The summed E-state index contributed by atoms with van der Waals surface area (Å²) in [6.45, 7) is 2.50. The molecule has 0 aliphatic carbocycles. The Labute approximate surface area is 118 Å². The number of para-hydroxylation sites is 1. The van der Waals surface area contributed by atoms with Gasteiger partial charge < -0.3 is 10.1 Å². The molecule has 3 heteroatoms. The summed E-state index contributed by atoms with van der Waals surface area (Å²) in [6, 6.07) is 11.4. The molecule has 20 heavy (non-hydrogen) atoms. The van der Waals surface area contributed by atoms with Crippen LogP contribution in [0.5, 0.6) is 5.75 Å². The average Bonchev–Trinajstić information content (AvgIpc) is 2.93. The third kappa shape index (κ3) is 2.08. The molecule has 1 aliphatic heterocycles. The molecule has 0 amide bonds. The van der Waals surface area contributed by atoms with Crippen LogP contribution in [0.3, 0.4) is 0 Å². The lowest BCUT2D eigenvalue weighted by Gasteiger charge is -2.21. The second-order valence-corrected chi connectivity index (χ2v) is 5.13. The van der Waals surface area contributed by atoms with Crippen LogP contribution in [0.25, 0.3) is 0 Å². The molecule has 2 aromatic rings. The van der Waals surface area contributed by atoms with E-state index in [1.165, 1.54) is 5.56 Å². The normalized spacial score (nSPS) is 14.8. The molecule has 0 fully saturated rings. The van der Waals surface area contributed by atoms with Crippen LogP contribution in [-0.2, 0) is 6.42 Å². The van der Waals surface area contributed by atoms with Gasteiger partial charge in [0.05, 0.1) is 12.6 Å². The lowest BCUT2D eigenvalue weighted by atomic mass is 9.94. The first-order chi connectivity index (χ1) is 9.72. The van der Waals surface area contributed by atoms with Gasteiger partial charge in [-0.1, -0.05) is 36.4 Å². The highest BCUT2D eigenvalue weighted by atomic mass is 19.1. The van der Waals surface area contributed by atoms with E-state index in [0.29, 0.717) is 17.7 Å². The van der Waals surface area contributed by atoms with Gasteiger partial charge in [-0.3, -0.25) is 0 Å². The third-order valence-electron chi connectivity index (χ3n) is 3.88. The zero-order valence-electron chi connectivity index (χ0n) is 11.7. The number of aryl methyl sites for hydroxylation is 1. The summed E-state index contributed by atoms with van der Waals surface area (Å²) in [5.41, 5.74) is 3.54. The molecular weight excluding hydrogens is 253 g/mol. The number of halogens is 1. The van der Waals surface area contributed by atoms with Crippen molar-refractivity contribution in [3.8, 4) is 5.75 Å². The summed E-state index contributed by atoms with van der Waals surface area (Å²) >= 11 is 0. The maximum absolute atomic E-state index is 14.4. The number of hydrogen-bond acceptors (Lipinski definition) is 2. The lowest BCUT2D eigenvalue weighted by Crippen LogP contribution is -2.20. The Morgan fingerprint density at radius 2 is 1.90 bits per heavy atom. The molecule has 1 N–H and O–H groups in total. The molecule has 0 spiro atoms. The first-order valence-corrected chi connectivity index (χ1v) is 6.89. The van der Waals surface area contributed by atoms with Crippen LogP contribution in [0.2, 0.25) is 0 Å². The maximum atomic E-state index is 14.4. The van der Waals surface area contributed by atoms with Crippen molar-refractivity contribution in [1.29, 1.82) is 0 Å². The largest absolute Gasteiger partial charge is 0.493 e. The van der Waals surface area contributed by atoms with E-state index < -0.39 is 0 Å². The minimum atomic E-state index is -0.192. The molecule has 1 heterocycles. The van der Waals surface area contributed by atoms with Gasteiger partial charge in [0.15, 0.2) is 0 Å². The standard InChI is InChI=1S/C17H18FNO/c1-11-5-3-7-13(15(11)18)16(19-2)14-8-4-6-12-9-10-20-17(12)14/h3-8,16,19H,9-10H2,1-2H3. The summed E-state index contributed by atoms with van der Waals surface area (Å²) in [5.74, 6) is 0.759. The van der Waals surface area contributed by atoms with Crippen molar-refractivity contribution < 1.29 is 9.13 Å². The monoisotopic (exact) mass is 271 g/mol. The summed E-state index contributed by atoms with van der Waals surface area (Å²) in [6.07, 6.45) is 0.926. The minimum absolute atomic E-state index is 0.151. The fourth-order valence-electron chi connectivity index (χ4n) is 2.84. The average molecular weight is 271 g/mol. The van der Waals surface area contributed by atoms with E-state index >= 15 is 0 Å². The van der Waals surface area contributed by atoms with Gasteiger partial charge in [0, 0.05) is 17.5 Å². The Hall–Kier alpha value is -1.87. The predicted octanol–water partition coefficient (Wildman–Crippen LogP) is 3.38. The summed E-state index contributed by atoms with van der Waals surface area (Å²) < 4.78 is 20.1. The third-order valence-corrected chi connectivity index (χ3v) is 3.88. The van der Waals surface area contributed by atoms with E-state index in [-0.39, 0.29) is 11.9 Å². The lowest BCUT2D eigenvalue weighted by molar-refractivity contribution is 0.350. The Kier molecular flexibility index (Phi) is 3.45. The van der Waals surface area contributed by atoms with Gasteiger partial charge in [-0.15, -0.1) is 0 Å². The van der Waals surface area contributed by atoms with Crippen LogP contribution in [-0.4, -0.2) is 13.7 Å². The molecule has 1 unspecified atom stereocenters. The van der Waals surface area contributed by atoms with Crippen molar-refractivity contribution in [2.45, 2.75) is 19.4 Å². The molecule has 2 nitrogen and oxygen atoms in total. The zero-order valence-corrected chi connectivity index (χ0v) is 11.7. The van der Waals surface area contributed by atoms with Crippen LogP contribution >= 0.6 is 0 Å². The van der Waals surface area contributed by atoms with Crippen molar-refractivity contribution in [2.75, 3.05) is 13.7 Å². The second kappa shape index (κ2) is 5.25. The van der Waals surface area contributed by atoms with E-state index in [2.05, 4.69) is 11.4 Å². The van der Waals surface area contributed by atoms with Gasteiger partial charge >= 0.3 is 0 Å². The molecule has 0 saturated carbocycles. The van der Waals surface area contributed by atoms with Gasteiger partial charge in [0.25, 0.3) is 0 Å². The molecule has 0 radical (unpaired) electrons. The van der Waals surface area contributed by atoms with Gasteiger partial charge in [0.2, 0.25) is 0 Å². The Morgan fingerprint density at radius 3 is 2.70 bits per heavy atom. The first kappa shape index (κ1) is 13.1. The van der Waals surface area contributed by atoms with Crippen molar-refractivity contribution in [3.05, 3.63) is 64.5 Å². The van der Waals surface area contributed by atoms with Crippen molar-refractivity contribution in [1.82, 2.24) is 5.32 Å². The number of hydrogen-bond donors (Lipinski definition) is 1. The number of ether oxygens (including phenoxy) is 1. The molecule has 0 bridgehead atoms. The Balaban J connectivity index is 2.11. The molecular formula is C17H18FNO. The molecule has 1 atom stereocenters. The fourth-order valence-corrected chi connectivity index (χ4v) is 2.84. The second-order valence-electron chi connectivity index (χ2n) is 5.13. The van der Waals surface area contributed by atoms with E-state index in [4.69, 9.17) is 4.74 Å². The van der Waals surface area contributed by atoms with Crippen LogP contribution < -0.4 is 10.1 Å². The highest BCUT2D eigenvalue weighted by Gasteiger charge is 2.24. The molecule has 0 aromatic heterocycles. The fraction of sp³-hybridized carbons (Fsp3) is 0.294. The topological polar surface area (TPSA) is 21.3 Å². The molecule has 104 valence electrons. The Morgan fingerprint density at radius 1 is 1.15 bits per heavy atom. The highest BCUT2D eigenvalue weighted by Crippen LogP contribution is 2.36. The van der Waals surface area contributed by atoms with Crippen LogP contribution in [0.4, 0.5) is 4.39 Å². The molecule has 1 aliphatic rings. The van der Waals surface area contributed by atoms with Crippen LogP contribution in [0.1, 0.15) is 28.3 Å². The minimum Gasteiger partial charge on any atom is -0.493 e. The van der Waals surface area contributed by atoms with E-state index in [9.17, 15) is 4.39 Å². The van der Waals surface area contributed by atoms with Gasteiger partial charge in [-0.05, 0) is 25.1 Å². The van der Waals surface area contributed by atoms with Gasteiger partial charge in [0.1, 0.15) is 11.6 Å². The van der Waals surface area contributed by atoms with Gasteiger partial charge in [-0.2, -0.15) is 0 Å². The molecule has 3 rings (SSSR count). The predicted molar refractivity (Wildman–Crippen MR) is 77.7 cm³/mol. The highest BCUT2D eigenvalue weighted by molar-refractivity contribution is 5.49. The van der Waals surface area contributed by atoms with E-state index in [1.54, 1.807) is 13.0 Å². The number of nitrogens with one attached hydrogen (secondary N) is 1. The van der Waals surface area contributed by atoms with Crippen molar-refractivity contribution >= 4 is 0 Å². The molecule has 2 aromatic carbocycles. The van der Waals surface area contributed by atoms with Crippen molar-refractivity contribution in [2.24, 2.45) is 0 Å². The van der Waals surface area contributed by atoms with Gasteiger partial charge in [-0.25, -0.2) is 4.39 Å². The molecule has 0 saturated heterocycles. The quantitative estimate of drug-likeness (QED) is 0.924. The number of benzene rings is 2. The van der Waals surface area contributed by atoms with Crippen molar-refractivity contribution in [3.63, 3.8) is 0 Å². The van der Waals surface area contributed by atoms with Crippen LogP contribution in [0.15, 0.2) is 36.4 Å². The summed E-state index contributed by atoms with van der Waals surface area (Å²) in [4.78, 5) is 0. The summed E-state index contributed by atoms with van der Waals surface area (Å²) in [7, 11) is 1.85. The smallest absolute Gasteiger partial charge is 0.131 e. The SMILES string of the molecule is CNC(c1cccc(C)c1F)c1cccc2c1OCC2. The zero-order chi connectivity index (χ0) is 14.1. The maximum Gasteiger partial charge on any atom is 0.131 e. The van der Waals surface area contributed by atoms with E-state index in [1.807, 2.05) is 31.3 Å². The van der Waals surface area contributed by atoms with Crippen LogP contribution in [0, 0.1) is 12.7 Å².